The Morgan fingerprint density at radius 3 is 2.33 bits per heavy atom. The molecule has 0 fully saturated rings. The quantitative estimate of drug-likeness (QED) is 0.679. The molecule has 0 spiro atoms. The molecule has 12 heavy (non-hydrogen) atoms. The van der Waals surface area contributed by atoms with Crippen molar-refractivity contribution in [2.24, 2.45) is 5.73 Å². The maximum Gasteiger partial charge on any atom is 0.417 e. The molecule has 0 unspecified atom stereocenters. The van der Waals surface area contributed by atoms with Crippen molar-refractivity contribution in [3.63, 3.8) is 0 Å². The first-order valence-corrected chi connectivity index (χ1v) is 3.42. The SMILES string of the molecule is C[C@@H](N)c1cc(C(F)(F)F)c[nH]1. The Labute approximate surface area is 67.6 Å². The van der Waals surface area contributed by atoms with E-state index in [0.717, 1.165) is 12.3 Å². The summed E-state index contributed by atoms with van der Waals surface area (Å²) in [4.78, 5) is 2.47. The molecule has 1 aromatic rings. The van der Waals surface area contributed by atoms with Crippen molar-refractivity contribution in [3.8, 4) is 0 Å². The third kappa shape index (κ3) is 1.79. The topological polar surface area (TPSA) is 41.8 Å². The van der Waals surface area contributed by atoms with Crippen LogP contribution in [0.4, 0.5) is 13.2 Å². The second-order valence-corrected chi connectivity index (χ2v) is 2.63. The summed E-state index contributed by atoms with van der Waals surface area (Å²) in [5, 5.41) is 0. The lowest BCUT2D eigenvalue weighted by Gasteiger charge is -2.01. The second kappa shape index (κ2) is 2.82. The maximum atomic E-state index is 12.0. The van der Waals surface area contributed by atoms with Crippen molar-refractivity contribution >= 4 is 0 Å². The van der Waals surface area contributed by atoms with Gasteiger partial charge in [0.05, 0.1) is 5.56 Å². The van der Waals surface area contributed by atoms with Gasteiger partial charge in [-0.25, -0.2) is 0 Å². The molecule has 2 nitrogen and oxygen atoms in total. The van der Waals surface area contributed by atoms with E-state index in [1.165, 1.54) is 0 Å². The highest BCUT2D eigenvalue weighted by Crippen LogP contribution is 2.30. The van der Waals surface area contributed by atoms with Crippen LogP contribution in [-0.4, -0.2) is 4.98 Å². The molecule has 1 atom stereocenters. The van der Waals surface area contributed by atoms with E-state index >= 15 is 0 Å². The molecule has 1 rings (SSSR count). The summed E-state index contributed by atoms with van der Waals surface area (Å²) in [6.07, 6.45) is -3.37. The number of hydrogen-bond acceptors (Lipinski definition) is 1. The van der Waals surface area contributed by atoms with Gasteiger partial charge in [-0.15, -0.1) is 0 Å². The van der Waals surface area contributed by atoms with Gasteiger partial charge in [0.15, 0.2) is 0 Å². The monoisotopic (exact) mass is 178 g/mol. The molecule has 0 amide bonds. The number of nitrogens with two attached hydrogens (primary N) is 1. The molecule has 3 N–H and O–H groups in total. The third-order valence-electron chi connectivity index (χ3n) is 1.52. The van der Waals surface area contributed by atoms with Gasteiger partial charge >= 0.3 is 6.18 Å². The number of aromatic nitrogens is 1. The van der Waals surface area contributed by atoms with Gasteiger partial charge in [-0.3, -0.25) is 0 Å². The lowest BCUT2D eigenvalue weighted by atomic mass is 10.2. The number of halogens is 3. The molecule has 0 saturated heterocycles. The van der Waals surface area contributed by atoms with Crippen LogP contribution in [0.15, 0.2) is 12.3 Å². The van der Waals surface area contributed by atoms with Crippen LogP contribution >= 0.6 is 0 Å². The Balaban J connectivity index is 2.92. The molecule has 0 aliphatic heterocycles. The van der Waals surface area contributed by atoms with E-state index in [0.29, 0.717) is 5.69 Å². The molecule has 0 aliphatic rings. The van der Waals surface area contributed by atoms with Gasteiger partial charge in [0, 0.05) is 17.9 Å². The molecule has 1 aromatic heterocycles. The first-order chi connectivity index (χ1) is 5.41. The van der Waals surface area contributed by atoms with Crippen LogP contribution in [0.3, 0.4) is 0 Å². The molecule has 0 bridgehead atoms. The molecule has 0 radical (unpaired) electrons. The van der Waals surface area contributed by atoms with Crippen LogP contribution in [0.5, 0.6) is 0 Å². The van der Waals surface area contributed by atoms with Crippen LogP contribution in [-0.2, 0) is 6.18 Å². The van der Waals surface area contributed by atoms with Gasteiger partial charge in [-0.05, 0) is 13.0 Å². The van der Waals surface area contributed by atoms with E-state index in [1.807, 2.05) is 0 Å². The van der Waals surface area contributed by atoms with Crippen molar-refractivity contribution in [2.45, 2.75) is 19.1 Å². The van der Waals surface area contributed by atoms with Crippen molar-refractivity contribution < 1.29 is 13.2 Å². The lowest BCUT2D eigenvalue weighted by molar-refractivity contribution is -0.137. The third-order valence-corrected chi connectivity index (χ3v) is 1.52. The second-order valence-electron chi connectivity index (χ2n) is 2.63. The van der Waals surface area contributed by atoms with E-state index in [9.17, 15) is 13.2 Å². The zero-order valence-electron chi connectivity index (χ0n) is 6.44. The number of H-pyrrole nitrogens is 1. The molecule has 5 heteroatoms. The van der Waals surface area contributed by atoms with E-state index in [2.05, 4.69) is 4.98 Å². The van der Waals surface area contributed by atoms with Gasteiger partial charge in [0.1, 0.15) is 0 Å². The summed E-state index contributed by atoms with van der Waals surface area (Å²) in [7, 11) is 0. The summed E-state index contributed by atoms with van der Waals surface area (Å²) < 4.78 is 36.0. The molecule has 1 heterocycles. The van der Waals surface area contributed by atoms with Crippen molar-refractivity contribution in [1.82, 2.24) is 4.98 Å². The summed E-state index contributed by atoms with van der Waals surface area (Å²) in [6, 6.07) is 0.617. The highest BCUT2D eigenvalue weighted by molar-refractivity contribution is 5.21. The van der Waals surface area contributed by atoms with E-state index < -0.39 is 17.8 Å². The minimum absolute atomic E-state index is 0.391. The first kappa shape index (κ1) is 9.12. The number of rotatable bonds is 1. The zero-order valence-corrected chi connectivity index (χ0v) is 6.44. The number of alkyl halides is 3. The zero-order chi connectivity index (χ0) is 9.35. The Bertz CT molecular complexity index is 262. The Kier molecular flexibility index (Phi) is 2.14. The van der Waals surface area contributed by atoms with Gasteiger partial charge in [-0.2, -0.15) is 13.2 Å². The van der Waals surface area contributed by atoms with E-state index in [4.69, 9.17) is 5.73 Å². The minimum atomic E-state index is -4.29. The number of nitrogens with one attached hydrogen (secondary N) is 1. The van der Waals surface area contributed by atoms with Crippen molar-refractivity contribution in [2.75, 3.05) is 0 Å². The predicted molar refractivity (Wildman–Crippen MR) is 38.4 cm³/mol. The Hall–Kier alpha value is -0.970. The fraction of sp³-hybridized carbons (Fsp3) is 0.429. The normalized spacial score (nSPS) is 14.8. The van der Waals surface area contributed by atoms with Gasteiger partial charge < -0.3 is 10.7 Å². The first-order valence-electron chi connectivity index (χ1n) is 3.42. The predicted octanol–water partition coefficient (Wildman–Crippen LogP) is 2.05. The van der Waals surface area contributed by atoms with Gasteiger partial charge in [-0.1, -0.05) is 0 Å². The van der Waals surface area contributed by atoms with Crippen LogP contribution in [0, 0.1) is 0 Å². The van der Waals surface area contributed by atoms with Crippen LogP contribution < -0.4 is 5.73 Å². The van der Waals surface area contributed by atoms with Crippen LogP contribution in [0.1, 0.15) is 24.2 Å². The Morgan fingerprint density at radius 2 is 2.08 bits per heavy atom. The smallest absolute Gasteiger partial charge is 0.363 e. The summed E-state index contributed by atoms with van der Waals surface area (Å²) in [5.41, 5.74) is 5.08. The van der Waals surface area contributed by atoms with Gasteiger partial charge in [0.2, 0.25) is 0 Å². The highest BCUT2D eigenvalue weighted by Gasteiger charge is 2.31. The summed E-state index contributed by atoms with van der Waals surface area (Å²) in [6.45, 7) is 1.62. The Morgan fingerprint density at radius 1 is 1.50 bits per heavy atom. The largest absolute Gasteiger partial charge is 0.417 e. The van der Waals surface area contributed by atoms with Crippen LogP contribution in [0.25, 0.3) is 0 Å². The van der Waals surface area contributed by atoms with E-state index in [1.54, 1.807) is 6.92 Å². The lowest BCUT2D eigenvalue weighted by Crippen LogP contribution is -2.05. The molecule has 0 aliphatic carbocycles. The van der Waals surface area contributed by atoms with Crippen molar-refractivity contribution in [3.05, 3.63) is 23.5 Å². The molecule has 0 aromatic carbocycles. The minimum Gasteiger partial charge on any atom is -0.363 e. The van der Waals surface area contributed by atoms with Crippen LogP contribution in [0.2, 0.25) is 0 Å². The molecular weight excluding hydrogens is 169 g/mol. The summed E-state index contributed by atoms with van der Waals surface area (Å²) in [5.74, 6) is 0. The molecule has 0 saturated carbocycles. The number of aromatic amines is 1. The summed E-state index contributed by atoms with van der Waals surface area (Å²) >= 11 is 0. The standard InChI is InChI=1S/C7H9F3N2/c1-4(11)6-2-5(3-12-6)7(8,9)10/h2-4,12H,11H2,1H3/t4-/m1/s1. The maximum absolute atomic E-state index is 12.0. The van der Waals surface area contributed by atoms with Crippen molar-refractivity contribution in [1.29, 1.82) is 0 Å². The molecule has 68 valence electrons. The fourth-order valence-corrected chi connectivity index (χ4v) is 0.839. The number of hydrogen-bond donors (Lipinski definition) is 2. The van der Waals surface area contributed by atoms with Gasteiger partial charge in [0.25, 0.3) is 0 Å². The van der Waals surface area contributed by atoms with E-state index in [-0.39, 0.29) is 0 Å². The fourth-order valence-electron chi connectivity index (χ4n) is 0.839. The average Bonchev–Trinajstić information content (AvgIpc) is 2.30. The molecular formula is C7H9F3N2. The highest BCUT2D eigenvalue weighted by atomic mass is 19.4. The average molecular weight is 178 g/mol.